The van der Waals surface area contributed by atoms with Gasteiger partial charge in [-0.2, -0.15) is 0 Å². The third kappa shape index (κ3) is 5.40. The zero-order valence-electron chi connectivity index (χ0n) is 11.5. The fraction of sp³-hybridized carbons (Fsp3) is 0.667. The number of rotatable bonds is 4. The molecule has 0 saturated heterocycles. The fourth-order valence-corrected chi connectivity index (χ4v) is 2.56. The highest BCUT2D eigenvalue weighted by Crippen LogP contribution is 2.24. The van der Waals surface area contributed by atoms with Gasteiger partial charge in [0.2, 0.25) is 0 Å². The van der Waals surface area contributed by atoms with Crippen LogP contribution in [0.2, 0.25) is 0 Å². The van der Waals surface area contributed by atoms with E-state index in [2.05, 4.69) is 15.6 Å². The predicted molar refractivity (Wildman–Crippen MR) is 78.9 cm³/mol. The van der Waals surface area contributed by atoms with Crippen LogP contribution in [0.5, 0.6) is 0 Å². The summed E-state index contributed by atoms with van der Waals surface area (Å²) in [7, 11) is 0. The molecular weight excluding hydrogens is 289 g/mol. The second kappa shape index (κ2) is 6.61. The third-order valence-electron chi connectivity index (χ3n) is 2.64. The smallest absolute Gasteiger partial charge is 0.196 e. The summed E-state index contributed by atoms with van der Waals surface area (Å²) in [5.41, 5.74) is -0.809. The molecule has 0 aromatic rings. The summed E-state index contributed by atoms with van der Waals surface area (Å²) >= 11 is 7.01. The maximum atomic E-state index is 13.6. The second-order valence-electron chi connectivity index (χ2n) is 5.35. The predicted octanol–water partition coefficient (Wildman–Crippen LogP) is 2.61. The molecule has 0 aromatic heterocycles. The molecule has 0 spiro atoms. The highest BCUT2D eigenvalue weighted by atomic mass is 35.5. The van der Waals surface area contributed by atoms with E-state index < -0.39 is 11.5 Å². The standard InChI is InChI=1S/C12H19ClFN3OS/c1-7(18)19-6-9(12(2,3)4)16-10-8(14)5-15-11(13)17-10/h5,9,11,16-17H,6H2,1-4H3/t9-,11?/m1/s1. The summed E-state index contributed by atoms with van der Waals surface area (Å²) < 4.78 is 13.6. The molecule has 0 aromatic carbocycles. The van der Waals surface area contributed by atoms with E-state index in [0.717, 1.165) is 6.21 Å². The van der Waals surface area contributed by atoms with Gasteiger partial charge in [-0.1, -0.05) is 44.1 Å². The highest BCUT2D eigenvalue weighted by molar-refractivity contribution is 8.13. The molecule has 108 valence electrons. The van der Waals surface area contributed by atoms with Crippen LogP contribution in [0, 0.1) is 5.41 Å². The molecular formula is C12H19ClFN3OS. The summed E-state index contributed by atoms with van der Waals surface area (Å²) in [5, 5.41) is 5.84. The number of nitrogens with zero attached hydrogens (tertiary/aromatic N) is 1. The minimum absolute atomic E-state index is 0.0406. The molecule has 2 N–H and O–H groups in total. The van der Waals surface area contributed by atoms with E-state index >= 15 is 0 Å². The average molecular weight is 308 g/mol. The van der Waals surface area contributed by atoms with E-state index in [1.165, 1.54) is 18.7 Å². The number of alkyl halides is 1. The van der Waals surface area contributed by atoms with E-state index in [1.807, 2.05) is 20.8 Å². The van der Waals surface area contributed by atoms with Crippen molar-refractivity contribution < 1.29 is 9.18 Å². The Hall–Kier alpha value is -0.750. The number of aliphatic imine (C=N–C) groups is 1. The lowest BCUT2D eigenvalue weighted by Crippen LogP contribution is -2.47. The number of nitrogens with one attached hydrogen (secondary N) is 2. The van der Waals surface area contributed by atoms with Crippen LogP contribution in [0.25, 0.3) is 0 Å². The van der Waals surface area contributed by atoms with E-state index in [4.69, 9.17) is 11.6 Å². The van der Waals surface area contributed by atoms with E-state index in [0.29, 0.717) is 5.75 Å². The van der Waals surface area contributed by atoms with Crippen molar-refractivity contribution in [1.29, 1.82) is 0 Å². The van der Waals surface area contributed by atoms with Crippen LogP contribution >= 0.6 is 23.4 Å². The first-order valence-electron chi connectivity index (χ1n) is 5.93. The van der Waals surface area contributed by atoms with Gasteiger partial charge in [0.1, 0.15) is 5.82 Å². The molecule has 0 saturated carbocycles. The Morgan fingerprint density at radius 3 is 2.84 bits per heavy atom. The average Bonchev–Trinajstić information content (AvgIpc) is 2.26. The summed E-state index contributed by atoms with van der Waals surface area (Å²) in [5.74, 6) is 0.291. The number of allylic oxidation sites excluding steroid dienone is 1. The normalized spacial score (nSPS) is 21.1. The lowest BCUT2D eigenvalue weighted by Gasteiger charge is -2.33. The van der Waals surface area contributed by atoms with Crippen molar-refractivity contribution >= 4 is 34.7 Å². The van der Waals surface area contributed by atoms with Crippen LogP contribution in [-0.2, 0) is 4.79 Å². The number of carbonyl (C=O) groups is 1. The van der Waals surface area contributed by atoms with Gasteiger partial charge < -0.3 is 10.6 Å². The zero-order valence-corrected chi connectivity index (χ0v) is 13.0. The van der Waals surface area contributed by atoms with Crippen LogP contribution in [0.15, 0.2) is 16.6 Å². The number of hydrogen-bond acceptors (Lipinski definition) is 5. The van der Waals surface area contributed by atoms with Crippen molar-refractivity contribution in [1.82, 2.24) is 10.6 Å². The Bertz CT molecular complexity index is 406. The number of hydrogen-bond donors (Lipinski definition) is 2. The molecule has 0 radical (unpaired) electrons. The van der Waals surface area contributed by atoms with Gasteiger partial charge >= 0.3 is 0 Å². The van der Waals surface area contributed by atoms with Gasteiger partial charge in [0.15, 0.2) is 16.6 Å². The first kappa shape index (κ1) is 16.3. The molecule has 0 fully saturated rings. The van der Waals surface area contributed by atoms with Gasteiger partial charge in [0, 0.05) is 18.7 Å². The van der Waals surface area contributed by atoms with Crippen LogP contribution in [-0.4, -0.2) is 28.7 Å². The molecule has 4 nitrogen and oxygen atoms in total. The molecule has 1 aliphatic rings. The zero-order chi connectivity index (χ0) is 14.6. The van der Waals surface area contributed by atoms with Gasteiger partial charge in [-0.05, 0) is 5.41 Å². The van der Waals surface area contributed by atoms with Crippen LogP contribution in [0.4, 0.5) is 4.39 Å². The van der Waals surface area contributed by atoms with Crippen LogP contribution < -0.4 is 10.6 Å². The van der Waals surface area contributed by atoms with Gasteiger partial charge in [0.05, 0.1) is 6.21 Å². The Kier molecular flexibility index (Phi) is 5.67. The Morgan fingerprint density at radius 1 is 1.68 bits per heavy atom. The number of halogens is 2. The highest BCUT2D eigenvalue weighted by Gasteiger charge is 2.27. The van der Waals surface area contributed by atoms with E-state index in [9.17, 15) is 9.18 Å². The fourth-order valence-electron chi connectivity index (χ4n) is 1.41. The van der Waals surface area contributed by atoms with Gasteiger partial charge in [-0.25, -0.2) is 9.38 Å². The maximum absolute atomic E-state index is 13.6. The van der Waals surface area contributed by atoms with Crippen molar-refractivity contribution in [2.24, 2.45) is 10.4 Å². The molecule has 1 aliphatic heterocycles. The Morgan fingerprint density at radius 2 is 2.32 bits per heavy atom. The molecule has 2 atom stereocenters. The molecule has 19 heavy (non-hydrogen) atoms. The largest absolute Gasteiger partial charge is 0.365 e. The van der Waals surface area contributed by atoms with Crippen molar-refractivity contribution in [2.45, 2.75) is 39.4 Å². The van der Waals surface area contributed by atoms with E-state index in [1.54, 1.807) is 0 Å². The monoisotopic (exact) mass is 307 g/mol. The number of carbonyl (C=O) groups excluding carboxylic acids is 1. The number of thioether (sulfide) groups is 1. The van der Waals surface area contributed by atoms with Crippen molar-refractivity contribution in [3.8, 4) is 0 Å². The summed E-state index contributed by atoms with van der Waals surface area (Å²) in [6, 6.07) is -0.0787. The molecule has 0 aliphatic carbocycles. The summed E-state index contributed by atoms with van der Waals surface area (Å²) in [4.78, 5) is 14.8. The van der Waals surface area contributed by atoms with Crippen molar-refractivity contribution in [2.75, 3.05) is 5.75 Å². The lowest BCUT2D eigenvalue weighted by atomic mass is 9.88. The second-order valence-corrected chi connectivity index (χ2v) is 6.96. The lowest BCUT2D eigenvalue weighted by molar-refractivity contribution is -0.109. The Labute approximate surface area is 122 Å². The maximum Gasteiger partial charge on any atom is 0.196 e. The topological polar surface area (TPSA) is 53.5 Å². The molecule has 1 rings (SSSR count). The quantitative estimate of drug-likeness (QED) is 0.619. The van der Waals surface area contributed by atoms with Gasteiger partial charge in [-0.3, -0.25) is 4.79 Å². The van der Waals surface area contributed by atoms with Crippen molar-refractivity contribution in [3.63, 3.8) is 0 Å². The van der Waals surface area contributed by atoms with Crippen LogP contribution in [0.1, 0.15) is 27.7 Å². The first-order chi connectivity index (χ1) is 8.70. The van der Waals surface area contributed by atoms with Crippen LogP contribution in [0.3, 0.4) is 0 Å². The SMILES string of the molecule is CC(=O)SC[C@@H](NC1=C(F)C=NC(Cl)N1)C(C)(C)C. The first-order valence-corrected chi connectivity index (χ1v) is 7.36. The Balaban J connectivity index is 2.77. The third-order valence-corrected chi connectivity index (χ3v) is 3.77. The van der Waals surface area contributed by atoms with Gasteiger partial charge in [-0.15, -0.1) is 0 Å². The molecule has 0 bridgehead atoms. The molecule has 1 heterocycles. The van der Waals surface area contributed by atoms with Gasteiger partial charge in [0.25, 0.3) is 0 Å². The molecule has 0 amide bonds. The molecule has 1 unspecified atom stereocenters. The van der Waals surface area contributed by atoms with E-state index in [-0.39, 0.29) is 22.4 Å². The summed E-state index contributed by atoms with van der Waals surface area (Å²) in [6.45, 7) is 7.60. The minimum Gasteiger partial charge on any atom is -0.365 e. The summed E-state index contributed by atoms with van der Waals surface area (Å²) in [6.07, 6.45) is 1.09. The molecule has 7 heteroatoms. The minimum atomic E-state index is -0.678. The van der Waals surface area contributed by atoms with Crippen molar-refractivity contribution in [3.05, 3.63) is 11.6 Å².